The van der Waals surface area contributed by atoms with E-state index in [9.17, 15) is 9.59 Å². The summed E-state index contributed by atoms with van der Waals surface area (Å²) in [6.45, 7) is 2.67. The number of nitrogens with zero attached hydrogens (tertiary/aromatic N) is 1. The highest BCUT2D eigenvalue weighted by Crippen LogP contribution is 2.34. The molecule has 1 unspecified atom stereocenters. The van der Waals surface area contributed by atoms with Gasteiger partial charge in [-0.25, -0.2) is 0 Å². The Kier molecular flexibility index (Phi) is 4.08. The second kappa shape index (κ2) is 5.11. The molecule has 5 heteroatoms. The monoisotopic (exact) mass is 213 g/mol. The number of carbonyl (C=O) groups is 2. The predicted octanol–water partition coefficient (Wildman–Crippen LogP) is -0.682. The molecular weight excluding hydrogens is 194 g/mol. The Balaban J connectivity index is 2.40. The maximum Gasteiger partial charge on any atom is 0.311 e. The molecule has 1 aliphatic rings. The van der Waals surface area contributed by atoms with Crippen molar-refractivity contribution < 1.29 is 9.59 Å². The van der Waals surface area contributed by atoms with Gasteiger partial charge in [0.1, 0.15) is 0 Å². The SMILES string of the molecule is CC(C1CC1)N(C)C(=O)C(=O)NCCN. The Labute approximate surface area is 90.0 Å². The van der Waals surface area contributed by atoms with Crippen molar-refractivity contribution in [1.29, 1.82) is 0 Å². The van der Waals surface area contributed by atoms with E-state index < -0.39 is 11.8 Å². The van der Waals surface area contributed by atoms with Crippen molar-refractivity contribution in [3.63, 3.8) is 0 Å². The maximum absolute atomic E-state index is 11.6. The van der Waals surface area contributed by atoms with Crippen molar-refractivity contribution in [3.05, 3.63) is 0 Å². The number of amides is 2. The molecule has 0 bridgehead atoms. The second-order valence-electron chi connectivity index (χ2n) is 4.04. The topological polar surface area (TPSA) is 75.4 Å². The zero-order chi connectivity index (χ0) is 11.4. The summed E-state index contributed by atoms with van der Waals surface area (Å²) in [5, 5.41) is 2.47. The van der Waals surface area contributed by atoms with Gasteiger partial charge in [0.05, 0.1) is 0 Å². The molecule has 0 aromatic rings. The van der Waals surface area contributed by atoms with Crippen molar-refractivity contribution in [2.75, 3.05) is 20.1 Å². The van der Waals surface area contributed by atoms with Crippen LogP contribution in [0.3, 0.4) is 0 Å². The normalized spacial score (nSPS) is 17.0. The molecule has 1 saturated carbocycles. The van der Waals surface area contributed by atoms with Gasteiger partial charge < -0.3 is 16.0 Å². The van der Waals surface area contributed by atoms with E-state index >= 15 is 0 Å². The standard InChI is InChI=1S/C10H19N3O2/c1-7(8-3-4-8)13(2)10(15)9(14)12-6-5-11/h7-8H,3-6,11H2,1-2H3,(H,12,14). The molecule has 5 nitrogen and oxygen atoms in total. The van der Waals surface area contributed by atoms with Gasteiger partial charge in [-0.1, -0.05) is 0 Å². The zero-order valence-corrected chi connectivity index (χ0v) is 9.32. The van der Waals surface area contributed by atoms with Crippen LogP contribution in [0.5, 0.6) is 0 Å². The van der Waals surface area contributed by atoms with Crippen molar-refractivity contribution in [1.82, 2.24) is 10.2 Å². The fraction of sp³-hybridized carbons (Fsp3) is 0.800. The molecule has 0 spiro atoms. The van der Waals surface area contributed by atoms with E-state index in [1.54, 1.807) is 7.05 Å². The minimum atomic E-state index is -0.560. The Morgan fingerprint density at radius 1 is 1.53 bits per heavy atom. The highest BCUT2D eigenvalue weighted by atomic mass is 16.2. The zero-order valence-electron chi connectivity index (χ0n) is 9.32. The van der Waals surface area contributed by atoms with Crippen molar-refractivity contribution >= 4 is 11.8 Å². The third kappa shape index (κ3) is 3.20. The Bertz CT molecular complexity index is 251. The van der Waals surface area contributed by atoms with Crippen LogP contribution in [0.1, 0.15) is 19.8 Å². The van der Waals surface area contributed by atoms with Crippen LogP contribution < -0.4 is 11.1 Å². The highest BCUT2D eigenvalue weighted by molar-refractivity contribution is 6.35. The van der Waals surface area contributed by atoms with E-state index in [0.717, 1.165) is 12.8 Å². The summed E-state index contributed by atoms with van der Waals surface area (Å²) in [4.78, 5) is 24.4. The van der Waals surface area contributed by atoms with Crippen LogP contribution in [0.2, 0.25) is 0 Å². The van der Waals surface area contributed by atoms with Crippen LogP contribution >= 0.6 is 0 Å². The molecular formula is C10H19N3O2. The van der Waals surface area contributed by atoms with Crippen LogP contribution in [0.4, 0.5) is 0 Å². The van der Waals surface area contributed by atoms with Gasteiger partial charge in [0.2, 0.25) is 0 Å². The fourth-order valence-electron chi connectivity index (χ4n) is 1.50. The maximum atomic E-state index is 11.6. The molecule has 0 aromatic heterocycles. The van der Waals surface area contributed by atoms with E-state index in [2.05, 4.69) is 5.32 Å². The first kappa shape index (κ1) is 12.0. The van der Waals surface area contributed by atoms with E-state index in [1.807, 2.05) is 6.92 Å². The summed E-state index contributed by atoms with van der Waals surface area (Å²) >= 11 is 0. The number of nitrogens with two attached hydrogens (primary N) is 1. The van der Waals surface area contributed by atoms with Gasteiger partial charge in [0, 0.05) is 26.2 Å². The summed E-state index contributed by atoms with van der Waals surface area (Å²) in [6, 6.07) is 0.154. The number of hydrogen-bond acceptors (Lipinski definition) is 3. The molecule has 2 amide bonds. The van der Waals surface area contributed by atoms with Gasteiger partial charge in [-0.15, -0.1) is 0 Å². The minimum absolute atomic E-state index is 0.154. The first-order valence-corrected chi connectivity index (χ1v) is 5.33. The summed E-state index contributed by atoms with van der Waals surface area (Å²) in [5.41, 5.74) is 5.23. The number of rotatable bonds is 4. The third-order valence-electron chi connectivity index (χ3n) is 2.86. The molecule has 0 radical (unpaired) electrons. The van der Waals surface area contributed by atoms with Gasteiger partial charge in [-0.05, 0) is 25.7 Å². The smallest absolute Gasteiger partial charge is 0.311 e. The van der Waals surface area contributed by atoms with Crippen LogP contribution in [-0.2, 0) is 9.59 Å². The van der Waals surface area contributed by atoms with Crippen molar-refractivity contribution in [2.24, 2.45) is 11.7 Å². The van der Waals surface area contributed by atoms with Gasteiger partial charge in [0.25, 0.3) is 0 Å². The van der Waals surface area contributed by atoms with E-state index in [0.29, 0.717) is 19.0 Å². The predicted molar refractivity (Wildman–Crippen MR) is 57.0 cm³/mol. The number of nitrogens with one attached hydrogen (secondary N) is 1. The summed E-state index contributed by atoms with van der Waals surface area (Å²) in [7, 11) is 1.67. The van der Waals surface area contributed by atoms with Crippen LogP contribution in [0, 0.1) is 5.92 Å². The number of hydrogen-bond donors (Lipinski definition) is 2. The Morgan fingerprint density at radius 3 is 2.60 bits per heavy atom. The van der Waals surface area contributed by atoms with Crippen molar-refractivity contribution in [2.45, 2.75) is 25.8 Å². The molecule has 3 N–H and O–H groups in total. The Morgan fingerprint density at radius 2 is 2.13 bits per heavy atom. The molecule has 1 aliphatic carbocycles. The second-order valence-corrected chi connectivity index (χ2v) is 4.04. The summed E-state index contributed by atoms with van der Waals surface area (Å²) in [5.74, 6) is -0.459. The summed E-state index contributed by atoms with van der Waals surface area (Å²) in [6.07, 6.45) is 2.31. The third-order valence-corrected chi connectivity index (χ3v) is 2.86. The lowest BCUT2D eigenvalue weighted by molar-refractivity contribution is -0.146. The molecule has 86 valence electrons. The first-order valence-electron chi connectivity index (χ1n) is 5.33. The summed E-state index contributed by atoms with van der Waals surface area (Å²) < 4.78 is 0. The van der Waals surface area contributed by atoms with Crippen molar-refractivity contribution in [3.8, 4) is 0 Å². The van der Waals surface area contributed by atoms with Crippen LogP contribution in [-0.4, -0.2) is 42.9 Å². The molecule has 1 atom stereocenters. The van der Waals surface area contributed by atoms with Gasteiger partial charge in [0.15, 0.2) is 0 Å². The number of carbonyl (C=O) groups excluding carboxylic acids is 2. The molecule has 0 saturated heterocycles. The van der Waals surface area contributed by atoms with Gasteiger partial charge in [-0.2, -0.15) is 0 Å². The Hall–Kier alpha value is -1.10. The molecule has 1 rings (SSSR count). The average molecular weight is 213 g/mol. The van der Waals surface area contributed by atoms with E-state index in [4.69, 9.17) is 5.73 Å². The number of likely N-dealkylation sites (N-methyl/N-ethyl adjacent to an activating group) is 1. The highest BCUT2D eigenvalue weighted by Gasteiger charge is 2.34. The molecule has 15 heavy (non-hydrogen) atoms. The lowest BCUT2D eigenvalue weighted by atomic mass is 10.2. The van der Waals surface area contributed by atoms with Crippen LogP contribution in [0.25, 0.3) is 0 Å². The van der Waals surface area contributed by atoms with E-state index in [1.165, 1.54) is 4.90 Å². The van der Waals surface area contributed by atoms with Crippen LogP contribution in [0.15, 0.2) is 0 Å². The molecule has 0 heterocycles. The minimum Gasteiger partial charge on any atom is -0.347 e. The quantitative estimate of drug-likeness (QED) is 0.607. The fourth-order valence-corrected chi connectivity index (χ4v) is 1.50. The van der Waals surface area contributed by atoms with E-state index in [-0.39, 0.29) is 6.04 Å². The lowest BCUT2D eigenvalue weighted by Gasteiger charge is -2.24. The molecule has 1 fully saturated rings. The average Bonchev–Trinajstić information content (AvgIpc) is 3.06. The first-order chi connectivity index (χ1) is 7.07. The van der Waals surface area contributed by atoms with Gasteiger partial charge in [-0.3, -0.25) is 9.59 Å². The molecule has 0 aliphatic heterocycles. The molecule has 0 aromatic carbocycles. The van der Waals surface area contributed by atoms with Gasteiger partial charge >= 0.3 is 11.8 Å². The largest absolute Gasteiger partial charge is 0.347 e. The lowest BCUT2D eigenvalue weighted by Crippen LogP contribution is -2.46.